The molecule has 1 atom stereocenters. The van der Waals surface area contributed by atoms with E-state index < -0.39 is 0 Å². The highest BCUT2D eigenvalue weighted by molar-refractivity contribution is 5.79. The van der Waals surface area contributed by atoms with E-state index in [0.717, 1.165) is 19.5 Å². The standard InChI is InChI=1S/C11H23N3O/c1-9(2)6-14-7-10(4-5-12)13(3)8-11(14)15/h9-10H,4-8,12H2,1-3H3. The predicted molar refractivity (Wildman–Crippen MR) is 61.5 cm³/mol. The molecule has 0 aromatic heterocycles. The topological polar surface area (TPSA) is 49.6 Å². The molecule has 0 saturated carbocycles. The summed E-state index contributed by atoms with van der Waals surface area (Å²) in [6.07, 6.45) is 0.971. The van der Waals surface area contributed by atoms with Crippen LogP contribution in [0.2, 0.25) is 0 Å². The highest BCUT2D eigenvalue weighted by Gasteiger charge is 2.29. The van der Waals surface area contributed by atoms with Gasteiger partial charge in [0.2, 0.25) is 5.91 Å². The number of amides is 1. The third-order valence-corrected chi connectivity index (χ3v) is 2.88. The highest BCUT2D eigenvalue weighted by Crippen LogP contribution is 2.13. The maximum atomic E-state index is 11.7. The van der Waals surface area contributed by atoms with Crippen LogP contribution in [-0.4, -0.2) is 55.0 Å². The van der Waals surface area contributed by atoms with Crippen LogP contribution in [0, 0.1) is 5.92 Å². The first-order valence-electron chi connectivity index (χ1n) is 5.72. The largest absolute Gasteiger partial charge is 0.340 e. The number of hydrogen-bond acceptors (Lipinski definition) is 3. The SMILES string of the molecule is CC(C)CN1CC(CCN)N(C)CC1=O. The average molecular weight is 213 g/mol. The second kappa shape index (κ2) is 5.47. The van der Waals surface area contributed by atoms with Crippen LogP contribution < -0.4 is 5.73 Å². The summed E-state index contributed by atoms with van der Waals surface area (Å²) in [7, 11) is 2.00. The fraction of sp³-hybridized carbons (Fsp3) is 0.909. The van der Waals surface area contributed by atoms with E-state index in [0.29, 0.717) is 25.0 Å². The molecule has 88 valence electrons. The number of likely N-dealkylation sites (N-methyl/N-ethyl adjacent to an activating group) is 1. The molecule has 0 radical (unpaired) electrons. The summed E-state index contributed by atoms with van der Waals surface area (Å²) >= 11 is 0. The summed E-state index contributed by atoms with van der Waals surface area (Å²) in [5.74, 6) is 0.787. The summed E-state index contributed by atoms with van der Waals surface area (Å²) in [5.41, 5.74) is 5.57. The van der Waals surface area contributed by atoms with Crippen molar-refractivity contribution in [3.05, 3.63) is 0 Å². The van der Waals surface area contributed by atoms with E-state index in [9.17, 15) is 4.79 Å². The minimum Gasteiger partial charge on any atom is -0.340 e. The molecule has 0 aromatic rings. The summed E-state index contributed by atoms with van der Waals surface area (Å²) in [5, 5.41) is 0. The van der Waals surface area contributed by atoms with Crippen molar-refractivity contribution in [2.45, 2.75) is 26.3 Å². The van der Waals surface area contributed by atoms with Gasteiger partial charge in [0.15, 0.2) is 0 Å². The average Bonchev–Trinajstić information content (AvgIpc) is 2.12. The normalized spacial score (nSPS) is 23.9. The zero-order valence-electron chi connectivity index (χ0n) is 10.1. The molecule has 4 heteroatoms. The van der Waals surface area contributed by atoms with Crippen LogP contribution in [0.5, 0.6) is 0 Å². The van der Waals surface area contributed by atoms with Gasteiger partial charge in [-0.2, -0.15) is 0 Å². The van der Waals surface area contributed by atoms with E-state index in [2.05, 4.69) is 18.7 Å². The number of nitrogens with zero attached hydrogens (tertiary/aromatic N) is 2. The molecule has 2 N–H and O–H groups in total. The zero-order chi connectivity index (χ0) is 11.4. The Hall–Kier alpha value is -0.610. The van der Waals surface area contributed by atoms with Crippen LogP contribution in [0.4, 0.5) is 0 Å². The van der Waals surface area contributed by atoms with Gasteiger partial charge in [-0.05, 0) is 25.9 Å². The van der Waals surface area contributed by atoms with Crippen LogP contribution in [-0.2, 0) is 4.79 Å². The van der Waals surface area contributed by atoms with Crippen LogP contribution in [0.25, 0.3) is 0 Å². The van der Waals surface area contributed by atoms with Crippen molar-refractivity contribution >= 4 is 5.91 Å². The molecule has 1 unspecified atom stereocenters. The lowest BCUT2D eigenvalue weighted by molar-refractivity contribution is -0.138. The van der Waals surface area contributed by atoms with Crippen molar-refractivity contribution in [2.75, 3.05) is 33.2 Å². The molecular formula is C11H23N3O. The Balaban J connectivity index is 2.54. The van der Waals surface area contributed by atoms with Gasteiger partial charge in [-0.1, -0.05) is 13.8 Å². The first-order valence-corrected chi connectivity index (χ1v) is 5.72. The molecule has 15 heavy (non-hydrogen) atoms. The second-order valence-corrected chi connectivity index (χ2v) is 4.84. The molecule has 0 aromatic carbocycles. The quantitative estimate of drug-likeness (QED) is 0.722. The molecule has 0 bridgehead atoms. The van der Waals surface area contributed by atoms with E-state index >= 15 is 0 Å². The molecule has 0 spiro atoms. The van der Waals surface area contributed by atoms with Crippen LogP contribution in [0.3, 0.4) is 0 Å². The van der Waals surface area contributed by atoms with Gasteiger partial charge in [-0.15, -0.1) is 0 Å². The molecule has 1 rings (SSSR count). The minimum absolute atomic E-state index is 0.250. The van der Waals surface area contributed by atoms with Gasteiger partial charge in [-0.3, -0.25) is 9.69 Å². The highest BCUT2D eigenvalue weighted by atomic mass is 16.2. The Labute approximate surface area is 92.4 Å². The number of carbonyl (C=O) groups is 1. The van der Waals surface area contributed by atoms with Crippen molar-refractivity contribution in [1.82, 2.24) is 9.80 Å². The van der Waals surface area contributed by atoms with Gasteiger partial charge in [0.25, 0.3) is 0 Å². The fourth-order valence-corrected chi connectivity index (χ4v) is 2.06. The first kappa shape index (κ1) is 12.5. The molecule has 0 aliphatic carbocycles. The van der Waals surface area contributed by atoms with Gasteiger partial charge in [0, 0.05) is 19.1 Å². The number of nitrogens with two attached hydrogens (primary N) is 1. The van der Waals surface area contributed by atoms with Crippen molar-refractivity contribution in [3.8, 4) is 0 Å². The molecular weight excluding hydrogens is 190 g/mol. The smallest absolute Gasteiger partial charge is 0.236 e. The van der Waals surface area contributed by atoms with Gasteiger partial charge in [-0.25, -0.2) is 0 Å². The Morgan fingerprint density at radius 1 is 1.53 bits per heavy atom. The first-order chi connectivity index (χ1) is 7.04. The minimum atomic E-state index is 0.250. The number of carbonyl (C=O) groups excluding carboxylic acids is 1. The molecule has 1 heterocycles. The van der Waals surface area contributed by atoms with Crippen LogP contribution in [0.15, 0.2) is 0 Å². The third kappa shape index (κ3) is 3.47. The van der Waals surface area contributed by atoms with E-state index in [-0.39, 0.29) is 5.91 Å². The van der Waals surface area contributed by atoms with Gasteiger partial charge < -0.3 is 10.6 Å². The zero-order valence-corrected chi connectivity index (χ0v) is 10.1. The summed E-state index contributed by atoms with van der Waals surface area (Å²) in [6.45, 7) is 7.22. The Morgan fingerprint density at radius 2 is 2.20 bits per heavy atom. The van der Waals surface area contributed by atoms with Crippen LogP contribution in [0.1, 0.15) is 20.3 Å². The van der Waals surface area contributed by atoms with Gasteiger partial charge >= 0.3 is 0 Å². The van der Waals surface area contributed by atoms with Crippen molar-refractivity contribution in [3.63, 3.8) is 0 Å². The maximum absolute atomic E-state index is 11.7. The molecule has 1 aliphatic rings. The van der Waals surface area contributed by atoms with Gasteiger partial charge in [0.1, 0.15) is 0 Å². The van der Waals surface area contributed by atoms with Crippen LogP contribution >= 0.6 is 0 Å². The Morgan fingerprint density at radius 3 is 2.73 bits per heavy atom. The molecule has 1 saturated heterocycles. The lowest BCUT2D eigenvalue weighted by Gasteiger charge is -2.39. The number of piperazine rings is 1. The predicted octanol–water partition coefficient (Wildman–Crippen LogP) is 0.134. The maximum Gasteiger partial charge on any atom is 0.236 e. The Bertz CT molecular complexity index is 218. The van der Waals surface area contributed by atoms with E-state index in [4.69, 9.17) is 5.73 Å². The lowest BCUT2D eigenvalue weighted by Crippen LogP contribution is -2.55. The molecule has 1 fully saturated rings. The lowest BCUT2D eigenvalue weighted by atomic mass is 10.1. The Kier molecular flexibility index (Phi) is 4.54. The summed E-state index contributed by atoms with van der Waals surface area (Å²) in [6, 6.07) is 0.437. The summed E-state index contributed by atoms with van der Waals surface area (Å²) < 4.78 is 0. The van der Waals surface area contributed by atoms with Crippen molar-refractivity contribution in [2.24, 2.45) is 11.7 Å². The molecule has 4 nitrogen and oxygen atoms in total. The third-order valence-electron chi connectivity index (χ3n) is 2.88. The van der Waals surface area contributed by atoms with E-state index in [1.54, 1.807) is 0 Å². The fourth-order valence-electron chi connectivity index (χ4n) is 2.06. The van der Waals surface area contributed by atoms with Gasteiger partial charge in [0.05, 0.1) is 6.54 Å². The van der Waals surface area contributed by atoms with Crippen molar-refractivity contribution < 1.29 is 4.79 Å². The number of hydrogen-bond donors (Lipinski definition) is 1. The van der Waals surface area contributed by atoms with Crippen molar-refractivity contribution in [1.29, 1.82) is 0 Å². The summed E-state index contributed by atoms with van der Waals surface area (Å²) in [4.78, 5) is 15.8. The monoisotopic (exact) mass is 213 g/mol. The number of rotatable bonds is 4. The molecule has 1 aliphatic heterocycles. The van der Waals surface area contributed by atoms with E-state index in [1.807, 2.05) is 11.9 Å². The van der Waals surface area contributed by atoms with E-state index in [1.165, 1.54) is 0 Å². The molecule has 1 amide bonds. The second-order valence-electron chi connectivity index (χ2n) is 4.84.